The lowest BCUT2D eigenvalue weighted by Gasteiger charge is -2.22. The highest BCUT2D eigenvalue weighted by molar-refractivity contribution is 6.07. The summed E-state index contributed by atoms with van der Waals surface area (Å²) in [5.74, 6) is 0.433. The lowest BCUT2D eigenvalue weighted by molar-refractivity contribution is -0.131. The van der Waals surface area contributed by atoms with Gasteiger partial charge < -0.3 is 10.1 Å². The fraction of sp³-hybridized carbons (Fsp3) is 0.300. The highest BCUT2D eigenvalue weighted by Crippen LogP contribution is 2.31. The standard InChI is InChI=1S/C20H22N2O3/c1-4-25-17-8-6-5-7-15(17)13-22-18(23)20(3,21-19(22)24)16-11-9-14(2)10-12-16/h5-12H,4,13H2,1-3H3,(H,21,24)/t20-/m1/s1. The summed E-state index contributed by atoms with van der Waals surface area (Å²) in [5, 5.41) is 2.83. The summed E-state index contributed by atoms with van der Waals surface area (Å²) in [4.78, 5) is 26.7. The van der Waals surface area contributed by atoms with E-state index < -0.39 is 5.54 Å². The van der Waals surface area contributed by atoms with Crippen LogP contribution in [0.5, 0.6) is 5.75 Å². The van der Waals surface area contributed by atoms with Gasteiger partial charge in [0, 0.05) is 5.56 Å². The third-order valence-corrected chi connectivity index (χ3v) is 4.50. The van der Waals surface area contributed by atoms with Crippen LogP contribution in [0.3, 0.4) is 0 Å². The van der Waals surface area contributed by atoms with Crippen molar-refractivity contribution < 1.29 is 14.3 Å². The van der Waals surface area contributed by atoms with E-state index in [-0.39, 0.29) is 18.5 Å². The van der Waals surface area contributed by atoms with Crippen LogP contribution in [0, 0.1) is 6.92 Å². The fourth-order valence-electron chi connectivity index (χ4n) is 3.02. The van der Waals surface area contributed by atoms with Crippen molar-refractivity contribution in [2.75, 3.05) is 6.61 Å². The molecule has 1 aliphatic heterocycles. The molecule has 2 aromatic rings. The lowest BCUT2D eigenvalue weighted by Crippen LogP contribution is -2.40. The number of urea groups is 1. The maximum absolute atomic E-state index is 13.0. The van der Waals surface area contributed by atoms with E-state index in [9.17, 15) is 9.59 Å². The van der Waals surface area contributed by atoms with Crippen molar-refractivity contribution >= 4 is 11.9 Å². The monoisotopic (exact) mass is 338 g/mol. The maximum Gasteiger partial charge on any atom is 0.325 e. The summed E-state index contributed by atoms with van der Waals surface area (Å²) in [6, 6.07) is 14.7. The number of hydrogen-bond donors (Lipinski definition) is 1. The van der Waals surface area contributed by atoms with Crippen LogP contribution in [0.15, 0.2) is 48.5 Å². The number of para-hydroxylation sites is 1. The van der Waals surface area contributed by atoms with Crippen LogP contribution in [-0.4, -0.2) is 23.4 Å². The first kappa shape index (κ1) is 17.0. The molecule has 1 N–H and O–H groups in total. The molecule has 5 nitrogen and oxygen atoms in total. The maximum atomic E-state index is 13.0. The Bertz CT molecular complexity index is 801. The predicted molar refractivity (Wildman–Crippen MR) is 95.2 cm³/mol. The Morgan fingerprint density at radius 3 is 2.44 bits per heavy atom. The van der Waals surface area contributed by atoms with Gasteiger partial charge in [0.25, 0.3) is 5.91 Å². The van der Waals surface area contributed by atoms with E-state index in [1.54, 1.807) is 6.92 Å². The molecule has 1 fully saturated rings. The molecule has 5 heteroatoms. The summed E-state index contributed by atoms with van der Waals surface area (Å²) in [6.07, 6.45) is 0. The van der Waals surface area contributed by atoms with E-state index in [1.807, 2.05) is 62.4 Å². The van der Waals surface area contributed by atoms with Crippen LogP contribution in [0.4, 0.5) is 4.79 Å². The van der Waals surface area contributed by atoms with Crippen LogP contribution in [0.1, 0.15) is 30.5 Å². The van der Waals surface area contributed by atoms with Gasteiger partial charge >= 0.3 is 6.03 Å². The van der Waals surface area contributed by atoms with Crippen molar-refractivity contribution in [3.8, 4) is 5.75 Å². The fourth-order valence-corrected chi connectivity index (χ4v) is 3.02. The topological polar surface area (TPSA) is 58.6 Å². The molecule has 1 aliphatic rings. The number of hydrogen-bond acceptors (Lipinski definition) is 3. The summed E-state index contributed by atoms with van der Waals surface area (Å²) >= 11 is 0. The number of nitrogens with zero attached hydrogens (tertiary/aromatic N) is 1. The largest absolute Gasteiger partial charge is 0.494 e. The van der Waals surface area contributed by atoms with Crippen molar-refractivity contribution in [2.24, 2.45) is 0 Å². The Kier molecular flexibility index (Phi) is 4.49. The second-order valence-electron chi connectivity index (χ2n) is 6.35. The quantitative estimate of drug-likeness (QED) is 0.851. The van der Waals surface area contributed by atoms with Crippen LogP contribution in [0.2, 0.25) is 0 Å². The van der Waals surface area contributed by atoms with Crippen molar-refractivity contribution in [1.82, 2.24) is 10.2 Å². The van der Waals surface area contributed by atoms with Crippen LogP contribution in [0.25, 0.3) is 0 Å². The molecule has 0 aromatic heterocycles. The number of benzene rings is 2. The highest BCUT2D eigenvalue weighted by atomic mass is 16.5. The first-order valence-electron chi connectivity index (χ1n) is 8.37. The van der Waals surface area contributed by atoms with Crippen LogP contribution in [-0.2, 0) is 16.9 Å². The minimum Gasteiger partial charge on any atom is -0.494 e. The van der Waals surface area contributed by atoms with Crippen molar-refractivity contribution in [3.05, 3.63) is 65.2 Å². The molecule has 1 saturated heterocycles. The molecule has 0 unspecified atom stereocenters. The van der Waals surface area contributed by atoms with Gasteiger partial charge in [-0.05, 0) is 32.4 Å². The van der Waals surface area contributed by atoms with Gasteiger partial charge in [-0.15, -0.1) is 0 Å². The minimum absolute atomic E-state index is 0.183. The summed E-state index contributed by atoms with van der Waals surface area (Å²) in [5.41, 5.74) is 1.63. The molecule has 130 valence electrons. The lowest BCUT2D eigenvalue weighted by atomic mass is 9.91. The third-order valence-electron chi connectivity index (χ3n) is 4.50. The van der Waals surface area contributed by atoms with Gasteiger partial charge in [0.05, 0.1) is 13.2 Å². The number of imide groups is 1. The molecule has 0 saturated carbocycles. The van der Waals surface area contributed by atoms with Crippen molar-refractivity contribution in [1.29, 1.82) is 0 Å². The molecule has 0 bridgehead atoms. The van der Waals surface area contributed by atoms with E-state index in [2.05, 4.69) is 5.32 Å². The molecule has 0 spiro atoms. The van der Waals surface area contributed by atoms with E-state index in [1.165, 1.54) is 4.90 Å². The predicted octanol–water partition coefficient (Wildman–Crippen LogP) is 3.36. The Morgan fingerprint density at radius 2 is 1.76 bits per heavy atom. The zero-order valence-electron chi connectivity index (χ0n) is 14.7. The van der Waals surface area contributed by atoms with E-state index in [0.717, 1.165) is 16.7 Å². The second-order valence-corrected chi connectivity index (χ2v) is 6.35. The number of ether oxygens (including phenoxy) is 1. The zero-order chi connectivity index (χ0) is 18.0. The van der Waals surface area contributed by atoms with E-state index in [0.29, 0.717) is 12.4 Å². The molecule has 0 radical (unpaired) electrons. The second kappa shape index (κ2) is 6.59. The summed E-state index contributed by atoms with van der Waals surface area (Å²) in [7, 11) is 0. The molecular formula is C20H22N2O3. The smallest absolute Gasteiger partial charge is 0.325 e. The third kappa shape index (κ3) is 3.09. The van der Waals surface area contributed by atoms with Crippen LogP contribution < -0.4 is 10.1 Å². The van der Waals surface area contributed by atoms with Crippen molar-refractivity contribution in [3.63, 3.8) is 0 Å². The highest BCUT2D eigenvalue weighted by Gasteiger charge is 2.48. The Balaban J connectivity index is 1.88. The molecule has 25 heavy (non-hydrogen) atoms. The number of carbonyl (C=O) groups is 2. The van der Waals surface area contributed by atoms with Gasteiger partial charge in [0.15, 0.2) is 0 Å². The number of amides is 3. The number of aryl methyl sites for hydroxylation is 1. The SMILES string of the molecule is CCOc1ccccc1CN1C(=O)N[C@](C)(c2ccc(C)cc2)C1=O. The van der Waals surface area contributed by atoms with Gasteiger partial charge in [-0.1, -0.05) is 48.0 Å². The Labute approximate surface area is 147 Å². The van der Waals surface area contributed by atoms with E-state index >= 15 is 0 Å². The van der Waals surface area contributed by atoms with Gasteiger partial charge in [-0.2, -0.15) is 0 Å². The van der Waals surface area contributed by atoms with Crippen molar-refractivity contribution in [2.45, 2.75) is 32.9 Å². The average Bonchev–Trinajstić information content (AvgIpc) is 2.81. The molecular weight excluding hydrogens is 316 g/mol. The number of rotatable bonds is 5. The summed E-state index contributed by atoms with van der Waals surface area (Å²) < 4.78 is 5.60. The van der Waals surface area contributed by atoms with Gasteiger partial charge in [0.1, 0.15) is 11.3 Å². The molecule has 1 atom stereocenters. The normalized spacial score (nSPS) is 19.9. The van der Waals surface area contributed by atoms with Crippen LogP contribution >= 0.6 is 0 Å². The molecule has 3 rings (SSSR count). The average molecular weight is 338 g/mol. The van der Waals surface area contributed by atoms with Gasteiger partial charge in [-0.3, -0.25) is 9.69 Å². The van der Waals surface area contributed by atoms with E-state index in [4.69, 9.17) is 4.74 Å². The zero-order valence-corrected chi connectivity index (χ0v) is 14.7. The van der Waals surface area contributed by atoms with Gasteiger partial charge in [-0.25, -0.2) is 4.79 Å². The van der Waals surface area contributed by atoms with Gasteiger partial charge in [0.2, 0.25) is 0 Å². The minimum atomic E-state index is -1.05. The molecule has 3 amide bonds. The Hall–Kier alpha value is -2.82. The number of carbonyl (C=O) groups excluding carboxylic acids is 2. The number of nitrogens with one attached hydrogen (secondary N) is 1. The first-order valence-corrected chi connectivity index (χ1v) is 8.37. The molecule has 2 aromatic carbocycles. The molecule has 0 aliphatic carbocycles. The molecule has 1 heterocycles. The first-order chi connectivity index (χ1) is 12.0. The Morgan fingerprint density at radius 1 is 1.08 bits per heavy atom. The summed E-state index contributed by atoms with van der Waals surface area (Å²) in [6.45, 7) is 6.34.